The third kappa shape index (κ3) is 24.4. The molecule has 24 nitrogen and oxygen atoms in total. The molecule has 3 heterocycles. The van der Waals surface area contributed by atoms with Crippen LogP contribution in [0.3, 0.4) is 0 Å². The summed E-state index contributed by atoms with van der Waals surface area (Å²) < 4.78 is 61.1. The van der Waals surface area contributed by atoms with Crippen LogP contribution in [0.1, 0.15) is 459 Å². The Labute approximate surface area is 854 Å². The van der Waals surface area contributed by atoms with E-state index in [1.165, 1.54) is 64.2 Å². The van der Waals surface area contributed by atoms with Gasteiger partial charge in [-0.05, 0) is 433 Å². The van der Waals surface area contributed by atoms with Crippen LogP contribution in [0.4, 0.5) is 0 Å². The van der Waals surface area contributed by atoms with Crippen LogP contribution < -0.4 is 0 Å². The second-order valence-corrected chi connectivity index (χ2v) is 54.6. The van der Waals surface area contributed by atoms with Gasteiger partial charge in [0.15, 0.2) is 11.2 Å². The fourth-order valence-corrected chi connectivity index (χ4v) is 28.2. The summed E-state index contributed by atoms with van der Waals surface area (Å²) in [7, 11) is 0. The van der Waals surface area contributed by atoms with Crippen LogP contribution in [0.25, 0.3) is 0 Å². The molecule has 19 saturated carbocycles. The van der Waals surface area contributed by atoms with Crippen LogP contribution >= 0.6 is 0 Å². The van der Waals surface area contributed by atoms with E-state index in [1.54, 1.807) is 41.5 Å². The van der Waals surface area contributed by atoms with Gasteiger partial charge in [0, 0.05) is 31.1 Å². The molecule has 19 unspecified atom stereocenters. The minimum absolute atomic E-state index is 0.0226. The first-order valence-electron chi connectivity index (χ1n) is 56.4. The van der Waals surface area contributed by atoms with E-state index in [0.717, 1.165) is 181 Å². The fourth-order valence-electron chi connectivity index (χ4n) is 28.2. The first-order valence-corrected chi connectivity index (χ1v) is 56.4. The number of carbonyl (C=O) groups excluding carboxylic acids is 11. The molecule has 142 heavy (non-hydrogen) atoms. The Bertz CT molecular complexity index is 4230. The van der Waals surface area contributed by atoms with Gasteiger partial charge in [0.05, 0.1) is 74.0 Å². The van der Waals surface area contributed by atoms with Crippen LogP contribution in [0.2, 0.25) is 0 Å². The number of carbonyl (C=O) groups is 11. The molecule has 19 atom stereocenters. The van der Waals surface area contributed by atoms with Crippen molar-refractivity contribution in [1.29, 1.82) is 0 Å². The SMILES string of the molecule is CCC(C)(C)C(=O)OC1(C(C)C)CCCC1.CCC(C)(C)C(=O)OC1(C)CC(=O)OC1C.CCC(C)(C)C(=O)OC1(C)CC(=O)OC1C.CCC(C)(C)C(=O)OC1(CC)CC2CC1C1C3CC(C3)C21.CCC(C)(C)C(=O)OC1(CC)CC2CC1C1C3CC(C3)C21.CCC(C)(C)C(=O)OC12CC3CC(CC(O)(C3)C1)C2.CCC(C)(C)C(=O)OC12CC3CC(CC(O)(C3)C1)C2.CCC(C)(C)C(=O)OC1CCOC1=O. The normalized spacial score (nSPS) is 37.9. The lowest BCUT2D eigenvalue weighted by atomic mass is 9.52. The molecule has 3 aliphatic heterocycles. The smallest absolute Gasteiger partial charge is 0.347 e. The van der Waals surface area contributed by atoms with Gasteiger partial charge in [0.1, 0.15) is 40.2 Å². The number of esters is 11. The molecule has 2 N–H and O–H groups in total. The number of aliphatic hydroxyl groups is 2. The molecule has 0 spiro atoms. The molecule has 0 aromatic heterocycles. The highest BCUT2D eigenvalue weighted by atomic mass is 16.6. The van der Waals surface area contributed by atoms with Crippen molar-refractivity contribution in [3.63, 3.8) is 0 Å². The fraction of sp³-hybridized carbons (Fsp3) is 0.907. The molecule has 22 aliphatic rings. The van der Waals surface area contributed by atoms with E-state index >= 15 is 0 Å². The Hall–Kier alpha value is -5.91. The van der Waals surface area contributed by atoms with Crippen molar-refractivity contribution in [2.75, 3.05) is 6.61 Å². The summed E-state index contributed by atoms with van der Waals surface area (Å²) >= 11 is 0. The molecular formula is C118H194O24. The molecule has 22 rings (SSSR count). The lowest BCUT2D eigenvalue weighted by Crippen LogP contribution is -2.61. The molecule has 22 fully saturated rings. The van der Waals surface area contributed by atoms with E-state index < -0.39 is 61.6 Å². The van der Waals surface area contributed by atoms with E-state index in [2.05, 4.69) is 41.5 Å². The van der Waals surface area contributed by atoms with Gasteiger partial charge >= 0.3 is 65.7 Å². The first-order chi connectivity index (χ1) is 65.6. The standard InChI is InChI=1S/2C19H30O2.2C16H26O3.C14H26O2.2C12H20O4.C10H16O4/c2*1-5-18(3,4)17(20)21-19(6-2)10-13-9-14(19)16-12-7-11(8-12)15(13)16;2*1-4-14(2,3)13(17)19-16-8-11-5-12(9-16)7-15(18,6-11)10-16;1-6-13(4,5)12(15)16-14(11(2)3)9-7-8-10-14;2*1-6-11(3,4)10(14)16-12(5)7-9(13)15-8(12)2;1-4-10(2,3)9(12)14-7-5-6-13-8(7)11/h2*11-16H,5-10H2,1-4H3;2*11-12,18H,4-10H2,1-3H3;11H,6-10H2,1-5H3;2*8H,6-7H2,1-5H3;7H,4-6H2,1-3H3. The Morgan fingerprint density at radius 2 is 0.641 bits per heavy atom. The monoisotopic (exact) mass is 2000 g/mol. The molecule has 24 heteroatoms. The average molecular weight is 2000 g/mol. The first kappa shape index (κ1) is 116. The number of rotatable bonds is 27. The topological polar surface area (TPSA) is 330 Å². The maximum atomic E-state index is 12.7. The molecular weight excluding hydrogens is 1800 g/mol. The van der Waals surface area contributed by atoms with Gasteiger partial charge in [-0.25, -0.2) is 4.79 Å². The van der Waals surface area contributed by atoms with Gasteiger partial charge in [-0.2, -0.15) is 0 Å². The van der Waals surface area contributed by atoms with Crippen LogP contribution in [0.15, 0.2) is 0 Å². The zero-order valence-electron chi connectivity index (χ0n) is 94.3. The molecule has 0 aromatic carbocycles. The van der Waals surface area contributed by atoms with Crippen molar-refractivity contribution in [2.45, 2.75) is 528 Å². The lowest BCUT2D eigenvalue weighted by Gasteiger charge is -2.59. The third-order valence-corrected chi connectivity index (χ3v) is 41.0. The molecule has 0 aromatic rings. The highest BCUT2D eigenvalue weighted by molar-refractivity contribution is 5.84. The number of hydrogen-bond donors (Lipinski definition) is 2. The quantitative estimate of drug-likeness (QED) is 0.0570. The van der Waals surface area contributed by atoms with Crippen LogP contribution in [-0.4, -0.2) is 151 Å². The summed E-state index contributed by atoms with van der Waals surface area (Å²) in [4.78, 5) is 131. The predicted octanol–water partition coefficient (Wildman–Crippen LogP) is 24.3. The van der Waals surface area contributed by atoms with Crippen LogP contribution in [0, 0.1) is 144 Å². The van der Waals surface area contributed by atoms with E-state index in [4.69, 9.17) is 52.1 Å². The van der Waals surface area contributed by atoms with E-state index in [1.807, 2.05) is 138 Å². The summed E-state index contributed by atoms with van der Waals surface area (Å²) in [6.45, 7) is 63.0. The maximum absolute atomic E-state index is 12.7. The Morgan fingerprint density at radius 3 is 0.901 bits per heavy atom. The van der Waals surface area contributed by atoms with Crippen LogP contribution in [0.5, 0.6) is 0 Å². The second kappa shape index (κ2) is 42.8. The minimum atomic E-state index is -0.819. The average Bonchev–Trinajstić information content (AvgIpc) is 1.52. The van der Waals surface area contributed by atoms with Crippen molar-refractivity contribution in [1.82, 2.24) is 0 Å². The highest BCUT2D eigenvalue weighted by Gasteiger charge is 2.73. The summed E-state index contributed by atoms with van der Waals surface area (Å²) in [6, 6.07) is 0. The van der Waals surface area contributed by atoms with Crippen molar-refractivity contribution in [3.8, 4) is 0 Å². The van der Waals surface area contributed by atoms with Crippen molar-refractivity contribution in [2.24, 2.45) is 144 Å². The summed E-state index contributed by atoms with van der Waals surface area (Å²) in [5.41, 5.74) is -7.27. The zero-order valence-corrected chi connectivity index (χ0v) is 94.3. The van der Waals surface area contributed by atoms with Crippen LogP contribution in [-0.2, 0) is 105 Å². The summed E-state index contributed by atoms with van der Waals surface area (Å²) in [5, 5.41) is 21.3. The Kier molecular flexibility index (Phi) is 35.1. The van der Waals surface area contributed by atoms with E-state index in [0.29, 0.717) is 86.6 Å². The van der Waals surface area contributed by atoms with Crippen molar-refractivity contribution < 1.29 is 115 Å². The van der Waals surface area contributed by atoms with Gasteiger partial charge in [-0.3, -0.25) is 47.9 Å². The number of cyclic esters (lactones) is 3. The molecule has 0 amide bonds. The van der Waals surface area contributed by atoms with E-state index in [9.17, 15) is 63.0 Å². The van der Waals surface area contributed by atoms with Crippen molar-refractivity contribution >= 4 is 65.7 Å². The molecule has 16 bridgehead atoms. The Balaban J connectivity index is 0.000000156. The molecule has 19 aliphatic carbocycles. The second-order valence-electron chi connectivity index (χ2n) is 54.6. The molecule has 810 valence electrons. The maximum Gasteiger partial charge on any atom is 0.347 e. The Morgan fingerprint density at radius 1 is 0.359 bits per heavy atom. The summed E-state index contributed by atoms with van der Waals surface area (Å²) in [6.07, 6.45) is 34.3. The van der Waals surface area contributed by atoms with Gasteiger partial charge < -0.3 is 62.3 Å². The highest BCUT2D eigenvalue weighted by Crippen LogP contribution is 2.75. The van der Waals surface area contributed by atoms with Crippen molar-refractivity contribution in [3.05, 3.63) is 0 Å². The predicted molar refractivity (Wildman–Crippen MR) is 543 cm³/mol. The zero-order chi connectivity index (χ0) is 106. The van der Waals surface area contributed by atoms with Gasteiger partial charge in [-0.15, -0.1) is 0 Å². The number of fused-ring (bicyclic) bond motifs is 4. The van der Waals surface area contributed by atoms with E-state index in [-0.39, 0.29) is 129 Å². The summed E-state index contributed by atoms with van der Waals surface area (Å²) in [5.74, 6) is 11.5. The third-order valence-electron chi connectivity index (χ3n) is 41.0. The lowest BCUT2D eigenvalue weighted by molar-refractivity contribution is -0.226. The number of ether oxygens (including phenoxy) is 11. The molecule has 3 saturated heterocycles. The molecule has 0 radical (unpaired) electrons. The largest absolute Gasteiger partial charge is 0.463 e. The van der Waals surface area contributed by atoms with Gasteiger partial charge in [-0.1, -0.05) is 83.1 Å². The van der Waals surface area contributed by atoms with Gasteiger partial charge in [0.2, 0.25) is 6.10 Å². The minimum Gasteiger partial charge on any atom is -0.463 e. The van der Waals surface area contributed by atoms with Gasteiger partial charge in [0.25, 0.3) is 0 Å². The number of hydrogen-bond acceptors (Lipinski definition) is 24.